The molecular formula is C13H25N3O2S2. The number of aryl methyl sites for hydroxylation is 1. The van der Waals surface area contributed by atoms with Crippen LogP contribution in [-0.2, 0) is 16.6 Å². The first-order valence-electron chi connectivity index (χ1n) is 6.63. The summed E-state index contributed by atoms with van der Waals surface area (Å²) in [6.45, 7) is 6.88. The molecule has 0 radical (unpaired) electrons. The first-order chi connectivity index (χ1) is 9.17. The number of thiophene rings is 1. The molecule has 3 N–H and O–H groups in total. The van der Waals surface area contributed by atoms with Gasteiger partial charge in [-0.3, -0.25) is 0 Å². The van der Waals surface area contributed by atoms with Crippen LogP contribution < -0.4 is 10.5 Å². The number of sulfonamides is 1. The maximum atomic E-state index is 12.5. The highest BCUT2D eigenvalue weighted by molar-refractivity contribution is 7.89. The quantitative estimate of drug-likeness (QED) is 0.796. The Hall–Kier alpha value is -0.470. The van der Waals surface area contributed by atoms with E-state index in [-0.39, 0.29) is 12.0 Å². The molecule has 116 valence electrons. The van der Waals surface area contributed by atoms with E-state index in [1.807, 2.05) is 39.8 Å². The molecule has 0 aliphatic heterocycles. The molecule has 0 bridgehead atoms. The third-order valence-electron chi connectivity index (χ3n) is 3.09. The summed E-state index contributed by atoms with van der Waals surface area (Å²) in [5.41, 5.74) is 5.58. The van der Waals surface area contributed by atoms with E-state index in [1.54, 1.807) is 6.07 Å². The molecule has 1 aromatic heterocycles. The smallest absolute Gasteiger partial charge is 0.241 e. The number of hydrogen-bond donors (Lipinski definition) is 2. The Morgan fingerprint density at radius 3 is 2.40 bits per heavy atom. The second-order valence-corrected chi connectivity index (χ2v) is 8.59. The molecule has 7 heteroatoms. The van der Waals surface area contributed by atoms with Crippen LogP contribution in [-0.4, -0.2) is 40.0 Å². The van der Waals surface area contributed by atoms with Crippen molar-refractivity contribution in [2.45, 2.75) is 38.3 Å². The van der Waals surface area contributed by atoms with Crippen LogP contribution in [0, 0.1) is 12.8 Å². The molecule has 0 saturated heterocycles. The van der Waals surface area contributed by atoms with Crippen LogP contribution in [0.15, 0.2) is 11.0 Å². The predicted octanol–water partition coefficient (Wildman–Crippen LogP) is 1.38. The largest absolute Gasteiger partial charge is 0.326 e. The average molecular weight is 319 g/mol. The molecule has 0 saturated carbocycles. The van der Waals surface area contributed by atoms with E-state index in [0.29, 0.717) is 18.0 Å². The summed E-state index contributed by atoms with van der Waals surface area (Å²) in [6.07, 6.45) is 0. The monoisotopic (exact) mass is 319 g/mol. The minimum atomic E-state index is -3.49. The topological polar surface area (TPSA) is 75.4 Å². The molecule has 1 heterocycles. The fraction of sp³-hybridized carbons (Fsp3) is 0.692. The highest BCUT2D eigenvalue weighted by Crippen LogP contribution is 2.25. The highest BCUT2D eigenvalue weighted by Gasteiger charge is 2.25. The van der Waals surface area contributed by atoms with Crippen LogP contribution in [0.4, 0.5) is 0 Å². The predicted molar refractivity (Wildman–Crippen MR) is 84.4 cm³/mol. The molecule has 0 aliphatic carbocycles. The number of nitrogens with two attached hydrogens (primary N) is 1. The van der Waals surface area contributed by atoms with Crippen LogP contribution in [0.25, 0.3) is 0 Å². The zero-order valence-corrected chi connectivity index (χ0v) is 14.4. The number of hydrogen-bond acceptors (Lipinski definition) is 5. The maximum Gasteiger partial charge on any atom is 0.241 e. The Morgan fingerprint density at radius 1 is 1.40 bits per heavy atom. The van der Waals surface area contributed by atoms with Gasteiger partial charge in [-0.2, -0.15) is 0 Å². The van der Waals surface area contributed by atoms with Crippen LogP contribution >= 0.6 is 11.3 Å². The molecule has 1 unspecified atom stereocenters. The van der Waals surface area contributed by atoms with E-state index in [9.17, 15) is 8.42 Å². The second kappa shape index (κ2) is 7.00. The number of rotatable bonds is 7. The zero-order valence-electron chi connectivity index (χ0n) is 12.8. The van der Waals surface area contributed by atoms with Gasteiger partial charge in [0.15, 0.2) is 0 Å². The van der Waals surface area contributed by atoms with E-state index in [0.717, 1.165) is 9.75 Å². The summed E-state index contributed by atoms with van der Waals surface area (Å²) in [4.78, 5) is 4.01. The summed E-state index contributed by atoms with van der Waals surface area (Å²) < 4.78 is 27.8. The lowest BCUT2D eigenvalue weighted by molar-refractivity contribution is 0.314. The summed E-state index contributed by atoms with van der Waals surface area (Å²) in [6, 6.07) is 1.56. The van der Waals surface area contributed by atoms with Gasteiger partial charge in [0.05, 0.1) is 4.90 Å². The number of likely N-dealkylation sites (N-methyl/N-ethyl adjacent to an activating group) is 1. The molecule has 0 amide bonds. The maximum absolute atomic E-state index is 12.5. The van der Waals surface area contributed by atoms with Gasteiger partial charge in [-0.15, -0.1) is 11.3 Å². The molecule has 0 fully saturated rings. The minimum absolute atomic E-state index is 0.115. The molecule has 1 atom stereocenters. The van der Waals surface area contributed by atoms with Gasteiger partial charge in [-0.05, 0) is 33.0 Å². The SMILES string of the molecule is Cc1sc(CN)cc1S(=O)(=O)NC(CN(C)C)C(C)C. The van der Waals surface area contributed by atoms with Crippen molar-refractivity contribution in [3.05, 3.63) is 15.8 Å². The van der Waals surface area contributed by atoms with E-state index >= 15 is 0 Å². The molecule has 1 rings (SSSR count). The van der Waals surface area contributed by atoms with Gasteiger partial charge in [0.2, 0.25) is 10.0 Å². The van der Waals surface area contributed by atoms with Crippen molar-refractivity contribution in [3.8, 4) is 0 Å². The number of nitrogens with zero attached hydrogens (tertiary/aromatic N) is 1. The Bertz CT molecular complexity index is 536. The van der Waals surface area contributed by atoms with Gasteiger partial charge >= 0.3 is 0 Å². The third kappa shape index (κ3) is 4.53. The first-order valence-corrected chi connectivity index (χ1v) is 8.93. The summed E-state index contributed by atoms with van der Waals surface area (Å²) in [5, 5.41) is 0. The molecule has 5 nitrogen and oxygen atoms in total. The zero-order chi connectivity index (χ0) is 15.5. The summed E-state index contributed by atoms with van der Waals surface area (Å²) >= 11 is 1.44. The highest BCUT2D eigenvalue weighted by atomic mass is 32.2. The Labute approximate surface area is 126 Å². The van der Waals surface area contributed by atoms with Crippen LogP contribution in [0.3, 0.4) is 0 Å². The molecule has 20 heavy (non-hydrogen) atoms. The van der Waals surface area contributed by atoms with Crippen molar-refractivity contribution in [1.82, 2.24) is 9.62 Å². The van der Waals surface area contributed by atoms with Crippen LogP contribution in [0.1, 0.15) is 23.6 Å². The fourth-order valence-electron chi connectivity index (χ4n) is 1.93. The first kappa shape index (κ1) is 17.6. The Kier molecular flexibility index (Phi) is 6.15. The molecule has 0 aliphatic rings. The van der Waals surface area contributed by atoms with Gasteiger partial charge in [0.25, 0.3) is 0 Å². The summed E-state index contributed by atoms with van der Waals surface area (Å²) in [7, 11) is 0.381. The van der Waals surface area contributed by atoms with Crippen molar-refractivity contribution in [1.29, 1.82) is 0 Å². The second-order valence-electron chi connectivity index (χ2n) is 5.57. The van der Waals surface area contributed by atoms with Gasteiger partial charge in [0.1, 0.15) is 0 Å². The number of nitrogens with one attached hydrogen (secondary N) is 1. The van der Waals surface area contributed by atoms with Crippen LogP contribution in [0.2, 0.25) is 0 Å². The molecule has 0 spiro atoms. The fourth-order valence-corrected chi connectivity index (χ4v) is 4.82. The van der Waals surface area contributed by atoms with E-state index in [2.05, 4.69) is 4.72 Å². The standard InChI is InChI=1S/C13H25N3O2S2/c1-9(2)12(8-16(4)5)15-20(17,18)13-6-11(7-14)19-10(13)3/h6,9,12,15H,7-8,14H2,1-5H3. The molecule has 1 aromatic rings. The third-order valence-corrected chi connectivity index (χ3v) is 5.91. The van der Waals surface area contributed by atoms with E-state index < -0.39 is 10.0 Å². The summed E-state index contributed by atoms with van der Waals surface area (Å²) in [5.74, 6) is 0.222. The lowest BCUT2D eigenvalue weighted by Gasteiger charge is -2.25. The van der Waals surface area contributed by atoms with Crippen molar-refractivity contribution in [3.63, 3.8) is 0 Å². The van der Waals surface area contributed by atoms with Crippen molar-refractivity contribution in [2.75, 3.05) is 20.6 Å². The van der Waals surface area contributed by atoms with Gasteiger partial charge in [0, 0.05) is 28.9 Å². The van der Waals surface area contributed by atoms with Crippen molar-refractivity contribution < 1.29 is 8.42 Å². The van der Waals surface area contributed by atoms with E-state index in [1.165, 1.54) is 11.3 Å². The van der Waals surface area contributed by atoms with Crippen molar-refractivity contribution >= 4 is 21.4 Å². The van der Waals surface area contributed by atoms with Crippen LogP contribution in [0.5, 0.6) is 0 Å². The van der Waals surface area contributed by atoms with Gasteiger partial charge in [-0.1, -0.05) is 13.8 Å². The Balaban J connectivity index is 3.00. The Morgan fingerprint density at radius 2 is 2.00 bits per heavy atom. The van der Waals surface area contributed by atoms with Crippen molar-refractivity contribution in [2.24, 2.45) is 11.7 Å². The van der Waals surface area contributed by atoms with Gasteiger partial charge < -0.3 is 10.6 Å². The van der Waals surface area contributed by atoms with Gasteiger partial charge in [-0.25, -0.2) is 13.1 Å². The van der Waals surface area contributed by atoms with E-state index in [4.69, 9.17) is 5.73 Å². The normalized spacial score (nSPS) is 14.2. The average Bonchev–Trinajstić information content (AvgIpc) is 2.69. The molecular weight excluding hydrogens is 294 g/mol. The lowest BCUT2D eigenvalue weighted by atomic mass is 10.1. The lowest BCUT2D eigenvalue weighted by Crippen LogP contribution is -2.44. The minimum Gasteiger partial charge on any atom is -0.326 e. The molecule has 0 aromatic carbocycles.